The molecule has 2 N–H and O–H groups in total. The Kier molecular flexibility index (Phi) is 3.46. The molecule has 1 aromatic heterocycles. The molecular weight excluding hydrogens is 258 g/mol. The van der Waals surface area contributed by atoms with Crippen molar-refractivity contribution in [1.29, 1.82) is 0 Å². The van der Waals surface area contributed by atoms with E-state index < -0.39 is 5.97 Å². The van der Waals surface area contributed by atoms with E-state index in [1.165, 1.54) is 42.6 Å². The molecule has 4 rings (SSSR count). The van der Waals surface area contributed by atoms with Crippen LogP contribution in [0.2, 0.25) is 0 Å². The molecule has 0 radical (unpaired) electrons. The summed E-state index contributed by atoms with van der Waals surface area (Å²) in [7, 11) is 0. The van der Waals surface area contributed by atoms with Gasteiger partial charge in [0.05, 0.1) is 0 Å². The van der Waals surface area contributed by atoms with Crippen LogP contribution in [0, 0.1) is 11.8 Å². The Morgan fingerprint density at radius 1 is 1.40 bits per heavy atom. The molecule has 2 bridgehead atoms. The van der Waals surface area contributed by atoms with Gasteiger partial charge in [-0.3, -0.25) is 14.2 Å². The smallest absolute Gasteiger partial charge is 0.323 e. The minimum atomic E-state index is -1.03. The van der Waals surface area contributed by atoms with Crippen LogP contribution < -0.4 is 10.9 Å². The zero-order chi connectivity index (χ0) is 14.1. The van der Waals surface area contributed by atoms with E-state index in [2.05, 4.69) is 10.3 Å². The van der Waals surface area contributed by atoms with Crippen molar-refractivity contribution in [1.82, 2.24) is 9.55 Å². The van der Waals surface area contributed by atoms with Crippen molar-refractivity contribution in [3.63, 3.8) is 0 Å². The number of hydrogen-bond acceptors (Lipinski definition) is 4. The van der Waals surface area contributed by atoms with E-state index in [-0.39, 0.29) is 17.9 Å². The zero-order valence-corrected chi connectivity index (χ0v) is 11.3. The maximum atomic E-state index is 12.2. The van der Waals surface area contributed by atoms with Crippen molar-refractivity contribution in [2.75, 3.05) is 5.32 Å². The van der Waals surface area contributed by atoms with Crippen molar-refractivity contribution in [3.05, 3.63) is 22.7 Å². The van der Waals surface area contributed by atoms with Gasteiger partial charge in [-0.25, -0.2) is 4.98 Å². The number of rotatable bonds is 4. The van der Waals surface area contributed by atoms with Crippen molar-refractivity contribution in [3.8, 4) is 0 Å². The highest BCUT2D eigenvalue weighted by Crippen LogP contribution is 2.41. The van der Waals surface area contributed by atoms with Gasteiger partial charge in [-0.2, -0.15) is 0 Å². The van der Waals surface area contributed by atoms with Gasteiger partial charge in [0.2, 0.25) is 0 Å². The van der Waals surface area contributed by atoms with Crippen LogP contribution in [0.4, 0.5) is 5.82 Å². The Labute approximate surface area is 116 Å². The maximum Gasteiger partial charge on any atom is 0.323 e. The normalized spacial score (nSPS) is 28.3. The fourth-order valence-electron chi connectivity index (χ4n) is 3.55. The third-order valence-electron chi connectivity index (χ3n) is 4.59. The summed E-state index contributed by atoms with van der Waals surface area (Å²) in [6, 6.07) is 0.309. The Balaban J connectivity index is 1.77. The Hall–Kier alpha value is -1.85. The molecule has 0 aromatic carbocycles. The molecule has 1 unspecified atom stereocenters. The van der Waals surface area contributed by atoms with Crippen LogP contribution in [0.15, 0.2) is 17.2 Å². The summed E-state index contributed by atoms with van der Waals surface area (Å²) in [5, 5.41) is 12.0. The summed E-state index contributed by atoms with van der Waals surface area (Å²) in [4.78, 5) is 27.0. The Morgan fingerprint density at radius 3 is 2.75 bits per heavy atom. The molecule has 0 aliphatic heterocycles. The number of carboxylic acids is 1. The van der Waals surface area contributed by atoms with E-state index >= 15 is 0 Å². The minimum Gasteiger partial charge on any atom is -0.480 e. The van der Waals surface area contributed by atoms with Gasteiger partial charge < -0.3 is 10.4 Å². The number of fused-ring (bicyclic) bond motifs is 3. The SMILES string of the molecule is O=C(O)Cn1ccnc(NC2CC3CCC2CC3)c1=O. The second-order valence-electron chi connectivity index (χ2n) is 5.87. The molecule has 3 aliphatic rings. The number of hydrogen-bond donors (Lipinski definition) is 2. The summed E-state index contributed by atoms with van der Waals surface area (Å²) in [5.74, 6) is 0.643. The first-order valence-corrected chi connectivity index (χ1v) is 7.17. The average Bonchev–Trinajstić information content (AvgIpc) is 2.44. The van der Waals surface area contributed by atoms with Gasteiger partial charge in [-0.15, -0.1) is 0 Å². The van der Waals surface area contributed by atoms with E-state index in [0.717, 1.165) is 12.3 Å². The highest BCUT2D eigenvalue weighted by molar-refractivity contribution is 5.66. The van der Waals surface area contributed by atoms with E-state index in [1.54, 1.807) is 0 Å². The molecule has 0 saturated heterocycles. The standard InChI is InChI=1S/C14H19N3O3/c18-12(19)8-17-6-5-15-13(14(17)20)16-11-7-9-1-3-10(11)4-2-9/h5-6,9-11H,1-4,7-8H2,(H,15,16)(H,18,19). The van der Waals surface area contributed by atoms with Crippen LogP contribution in [0.3, 0.4) is 0 Å². The number of aliphatic carboxylic acids is 1. The molecule has 0 spiro atoms. The first kappa shape index (κ1) is 13.1. The van der Waals surface area contributed by atoms with Gasteiger partial charge in [0.15, 0.2) is 5.82 Å². The minimum absolute atomic E-state index is 0.284. The lowest BCUT2D eigenvalue weighted by atomic mass is 9.68. The summed E-state index contributed by atoms with van der Waals surface area (Å²) in [6.45, 7) is -0.327. The predicted octanol–water partition coefficient (Wildman–Crippen LogP) is 1.32. The number of carboxylic acid groups (broad SMARTS) is 1. The van der Waals surface area contributed by atoms with E-state index in [0.29, 0.717) is 12.0 Å². The topological polar surface area (TPSA) is 84.2 Å². The molecule has 20 heavy (non-hydrogen) atoms. The van der Waals surface area contributed by atoms with Crippen molar-refractivity contribution < 1.29 is 9.90 Å². The largest absolute Gasteiger partial charge is 0.480 e. The van der Waals surface area contributed by atoms with E-state index in [9.17, 15) is 9.59 Å². The van der Waals surface area contributed by atoms with Gasteiger partial charge in [0, 0.05) is 18.4 Å². The molecule has 3 fully saturated rings. The average molecular weight is 277 g/mol. The van der Waals surface area contributed by atoms with Gasteiger partial charge in [0.25, 0.3) is 5.56 Å². The molecule has 6 heteroatoms. The maximum absolute atomic E-state index is 12.2. The summed E-state index contributed by atoms with van der Waals surface area (Å²) < 4.78 is 1.18. The molecule has 0 amide bonds. The number of carbonyl (C=O) groups is 1. The van der Waals surface area contributed by atoms with Crippen LogP contribution >= 0.6 is 0 Å². The van der Waals surface area contributed by atoms with Gasteiger partial charge in [-0.1, -0.05) is 12.8 Å². The first-order chi connectivity index (χ1) is 9.63. The molecule has 3 saturated carbocycles. The molecule has 1 aromatic rings. The number of nitrogens with one attached hydrogen (secondary N) is 1. The third-order valence-corrected chi connectivity index (χ3v) is 4.59. The van der Waals surface area contributed by atoms with Gasteiger partial charge in [0.1, 0.15) is 6.54 Å². The van der Waals surface area contributed by atoms with Crippen LogP contribution in [-0.4, -0.2) is 26.7 Å². The molecule has 6 nitrogen and oxygen atoms in total. The van der Waals surface area contributed by atoms with E-state index in [4.69, 9.17) is 5.11 Å². The van der Waals surface area contributed by atoms with E-state index in [1.807, 2.05) is 0 Å². The van der Waals surface area contributed by atoms with Gasteiger partial charge in [-0.05, 0) is 31.1 Å². The fourth-order valence-corrected chi connectivity index (χ4v) is 3.55. The quantitative estimate of drug-likeness (QED) is 0.867. The molecule has 1 atom stereocenters. The Bertz CT molecular complexity index is 561. The van der Waals surface area contributed by atoms with Crippen molar-refractivity contribution in [2.24, 2.45) is 11.8 Å². The lowest BCUT2D eigenvalue weighted by Gasteiger charge is -2.42. The lowest BCUT2D eigenvalue weighted by molar-refractivity contribution is -0.137. The van der Waals surface area contributed by atoms with Crippen LogP contribution in [0.5, 0.6) is 0 Å². The second-order valence-corrected chi connectivity index (χ2v) is 5.87. The number of nitrogens with zero attached hydrogens (tertiary/aromatic N) is 2. The van der Waals surface area contributed by atoms with Crippen LogP contribution in [0.25, 0.3) is 0 Å². The Morgan fingerprint density at radius 2 is 2.15 bits per heavy atom. The highest BCUT2D eigenvalue weighted by atomic mass is 16.4. The number of aromatic nitrogens is 2. The van der Waals surface area contributed by atoms with Crippen LogP contribution in [0.1, 0.15) is 32.1 Å². The summed E-state index contributed by atoms with van der Waals surface area (Å²) in [5.41, 5.74) is -0.351. The second kappa shape index (κ2) is 5.26. The van der Waals surface area contributed by atoms with Crippen molar-refractivity contribution in [2.45, 2.75) is 44.7 Å². The lowest BCUT2D eigenvalue weighted by Crippen LogP contribution is -2.42. The summed E-state index contributed by atoms with van der Waals surface area (Å²) in [6.07, 6.45) is 9.03. The predicted molar refractivity (Wildman–Crippen MR) is 73.6 cm³/mol. The van der Waals surface area contributed by atoms with Gasteiger partial charge >= 0.3 is 5.97 Å². The van der Waals surface area contributed by atoms with Crippen LogP contribution in [-0.2, 0) is 11.3 Å². The molecule has 1 heterocycles. The molecular formula is C14H19N3O3. The zero-order valence-electron chi connectivity index (χ0n) is 11.3. The summed E-state index contributed by atoms with van der Waals surface area (Å²) >= 11 is 0. The monoisotopic (exact) mass is 277 g/mol. The molecule has 108 valence electrons. The molecule has 3 aliphatic carbocycles. The number of anilines is 1. The highest BCUT2D eigenvalue weighted by Gasteiger charge is 2.35. The fraction of sp³-hybridized carbons (Fsp3) is 0.643. The third kappa shape index (κ3) is 2.55. The van der Waals surface area contributed by atoms with Crippen molar-refractivity contribution >= 4 is 11.8 Å². The first-order valence-electron chi connectivity index (χ1n) is 7.17.